The van der Waals surface area contributed by atoms with Gasteiger partial charge >= 0.3 is 5.97 Å². The Kier molecular flexibility index (Phi) is 2.85. The summed E-state index contributed by atoms with van der Waals surface area (Å²) in [5, 5.41) is 1.17. The minimum atomic E-state index is -0.416. The van der Waals surface area contributed by atoms with E-state index in [1.807, 2.05) is 32.0 Å². The van der Waals surface area contributed by atoms with Crippen LogP contribution in [0.4, 0.5) is 0 Å². The molecule has 1 unspecified atom stereocenters. The second-order valence-corrected chi connectivity index (χ2v) is 4.71. The van der Waals surface area contributed by atoms with Gasteiger partial charge in [0.05, 0.1) is 6.61 Å². The molecule has 1 aliphatic heterocycles. The summed E-state index contributed by atoms with van der Waals surface area (Å²) in [5.74, 6) is -0.244. The number of nitrogens with zero attached hydrogens (tertiary/aromatic N) is 1. The van der Waals surface area contributed by atoms with E-state index in [0.29, 0.717) is 13.0 Å². The van der Waals surface area contributed by atoms with Gasteiger partial charge in [0.15, 0.2) is 6.04 Å². The van der Waals surface area contributed by atoms with Crippen LogP contribution in [0.2, 0.25) is 0 Å². The van der Waals surface area contributed by atoms with Crippen molar-refractivity contribution in [1.82, 2.24) is 4.98 Å². The van der Waals surface area contributed by atoms with Crippen LogP contribution in [0.25, 0.3) is 10.9 Å². The molecule has 3 rings (SSSR count). The van der Waals surface area contributed by atoms with Crippen molar-refractivity contribution in [1.29, 1.82) is 0 Å². The van der Waals surface area contributed by atoms with Crippen LogP contribution in [0.1, 0.15) is 25.1 Å². The number of nitrogens with one attached hydrogen (secondary N) is 1. The van der Waals surface area contributed by atoms with Crippen LogP contribution in [-0.2, 0) is 16.0 Å². The lowest BCUT2D eigenvalue weighted by molar-refractivity contribution is -0.144. The van der Waals surface area contributed by atoms with Gasteiger partial charge in [-0.05, 0) is 19.9 Å². The molecule has 0 radical (unpaired) electrons. The van der Waals surface area contributed by atoms with Crippen molar-refractivity contribution < 1.29 is 9.53 Å². The molecule has 0 bridgehead atoms. The topological polar surface area (TPSA) is 54.5 Å². The number of aliphatic imine (C=N–C) groups is 1. The average Bonchev–Trinajstić information content (AvgIpc) is 2.77. The van der Waals surface area contributed by atoms with Crippen molar-refractivity contribution in [2.75, 3.05) is 6.61 Å². The number of carbonyl (C=O) groups excluding carboxylic acids is 1. The number of ether oxygens (including phenoxy) is 1. The second kappa shape index (κ2) is 4.53. The molecule has 0 amide bonds. The standard InChI is InChI=1S/C15H16N2O2/c1-3-19-15(18)13-8-12-14(9(2)16-13)10-6-4-5-7-11(10)17-12/h4-7,13,17H,3,8H2,1-2H3. The Bertz CT molecular complexity index is 670. The van der Waals surface area contributed by atoms with Crippen LogP contribution in [-0.4, -0.2) is 29.3 Å². The first-order valence-electron chi connectivity index (χ1n) is 6.51. The lowest BCUT2D eigenvalue weighted by atomic mass is 9.98. The number of aromatic nitrogens is 1. The number of fused-ring (bicyclic) bond motifs is 3. The summed E-state index contributed by atoms with van der Waals surface area (Å²) < 4.78 is 5.06. The third-order valence-electron chi connectivity index (χ3n) is 3.45. The molecule has 1 atom stereocenters. The zero-order valence-electron chi connectivity index (χ0n) is 11.1. The molecule has 2 aromatic rings. The molecule has 0 saturated heterocycles. The van der Waals surface area contributed by atoms with E-state index in [4.69, 9.17) is 4.74 Å². The highest BCUT2D eigenvalue weighted by atomic mass is 16.5. The summed E-state index contributed by atoms with van der Waals surface area (Å²) in [4.78, 5) is 19.7. The first-order valence-corrected chi connectivity index (χ1v) is 6.51. The van der Waals surface area contributed by atoms with E-state index in [1.165, 1.54) is 5.39 Å². The van der Waals surface area contributed by atoms with Crippen LogP contribution in [0, 0.1) is 0 Å². The Morgan fingerprint density at radius 3 is 3.05 bits per heavy atom. The van der Waals surface area contributed by atoms with E-state index in [1.54, 1.807) is 0 Å². The van der Waals surface area contributed by atoms with Gasteiger partial charge in [-0.3, -0.25) is 4.99 Å². The molecule has 1 aromatic heterocycles. The third kappa shape index (κ3) is 1.93. The average molecular weight is 256 g/mol. The smallest absolute Gasteiger partial charge is 0.331 e. The maximum absolute atomic E-state index is 11.8. The second-order valence-electron chi connectivity index (χ2n) is 4.71. The highest BCUT2D eigenvalue weighted by molar-refractivity contribution is 6.12. The van der Waals surface area contributed by atoms with Crippen LogP contribution < -0.4 is 0 Å². The van der Waals surface area contributed by atoms with Gasteiger partial charge in [0, 0.05) is 34.3 Å². The fourth-order valence-electron chi connectivity index (χ4n) is 2.68. The fourth-order valence-corrected chi connectivity index (χ4v) is 2.68. The number of para-hydroxylation sites is 1. The Balaban J connectivity index is 2.04. The zero-order chi connectivity index (χ0) is 13.4. The summed E-state index contributed by atoms with van der Waals surface area (Å²) in [6, 6.07) is 7.72. The van der Waals surface area contributed by atoms with Gasteiger partial charge in [-0.25, -0.2) is 4.79 Å². The minimum Gasteiger partial charge on any atom is -0.464 e. The van der Waals surface area contributed by atoms with Crippen molar-refractivity contribution in [3.63, 3.8) is 0 Å². The number of H-pyrrole nitrogens is 1. The monoisotopic (exact) mass is 256 g/mol. The molecule has 0 spiro atoms. The largest absolute Gasteiger partial charge is 0.464 e. The van der Waals surface area contributed by atoms with Gasteiger partial charge < -0.3 is 9.72 Å². The predicted octanol–water partition coefficient (Wildman–Crippen LogP) is 2.46. The first kappa shape index (κ1) is 12.0. The molecule has 1 aliphatic rings. The molecule has 1 N–H and O–H groups in total. The molecule has 0 fully saturated rings. The quantitative estimate of drug-likeness (QED) is 0.839. The van der Waals surface area contributed by atoms with Gasteiger partial charge in [-0.1, -0.05) is 18.2 Å². The molecular weight excluding hydrogens is 240 g/mol. The van der Waals surface area contributed by atoms with Gasteiger partial charge in [0.1, 0.15) is 0 Å². The van der Waals surface area contributed by atoms with E-state index in [-0.39, 0.29) is 5.97 Å². The SMILES string of the molecule is CCOC(=O)C1Cc2[nH]c3ccccc3c2C(C)=N1. The lowest BCUT2D eigenvalue weighted by Crippen LogP contribution is -2.29. The normalized spacial score (nSPS) is 18.0. The van der Waals surface area contributed by atoms with Gasteiger partial charge in [-0.15, -0.1) is 0 Å². The molecule has 98 valence electrons. The summed E-state index contributed by atoms with van der Waals surface area (Å²) in [5.41, 5.74) is 4.20. The number of hydrogen-bond acceptors (Lipinski definition) is 3. The Morgan fingerprint density at radius 2 is 2.26 bits per heavy atom. The molecule has 4 nitrogen and oxygen atoms in total. The van der Waals surface area contributed by atoms with Gasteiger partial charge in [0.2, 0.25) is 0 Å². The van der Waals surface area contributed by atoms with E-state index >= 15 is 0 Å². The molecular formula is C15H16N2O2. The van der Waals surface area contributed by atoms with E-state index < -0.39 is 6.04 Å². The Hall–Kier alpha value is -2.10. The van der Waals surface area contributed by atoms with Crippen LogP contribution in [0.15, 0.2) is 29.3 Å². The summed E-state index contributed by atoms with van der Waals surface area (Å²) >= 11 is 0. The number of carbonyl (C=O) groups is 1. The lowest BCUT2D eigenvalue weighted by Gasteiger charge is -2.18. The fraction of sp³-hybridized carbons (Fsp3) is 0.333. The highest BCUT2D eigenvalue weighted by Gasteiger charge is 2.28. The van der Waals surface area contributed by atoms with E-state index in [9.17, 15) is 4.79 Å². The van der Waals surface area contributed by atoms with Crippen LogP contribution in [0.5, 0.6) is 0 Å². The predicted molar refractivity (Wildman–Crippen MR) is 74.6 cm³/mol. The minimum absolute atomic E-state index is 0.244. The summed E-state index contributed by atoms with van der Waals surface area (Å²) in [6.45, 7) is 4.15. The van der Waals surface area contributed by atoms with Gasteiger partial charge in [0.25, 0.3) is 0 Å². The van der Waals surface area contributed by atoms with Crippen molar-refractivity contribution in [3.8, 4) is 0 Å². The van der Waals surface area contributed by atoms with Crippen molar-refractivity contribution in [2.24, 2.45) is 4.99 Å². The first-order chi connectivity index (χ1) is 9.20. The molecule has 0 saturated carbocycles. The maximum Gasteiger partial charge on any atom is 0.331 e. The molecule has 19 heavy (non-hydrogen) atoms. The molecule has 2 heterocycles. The Morgan fingerprint density at radius 1 is 1.47 bits per heavy atom. The molecule has 4 heteroatoms. The number of hydrogen-bond donors (Lipinski definition) is 1. The number of rotatable bonds is 2. The third-order valence-corrected chi connectivity index (χ3v) is 3.45. The highest BCUT2D eigenvalue weighted by Crippen LogP contribution is 2.28. The Labute approximate surface area is 111 Å². The summed E-state index contributed by atoms with van der Waals surface area (Å²) in [7, 11) is 0. The zero-order valence-corrected chi connectivity index (χ0v) is 11.1. The maximum atomic E-state index is 11.8. The van der Waals surface area contributed by atoms with Crippen molar-refractivity contribution in [2.45, 2.75) is 26.3 Å². The molecule has 0 aliphatic carbocycles. The number of aromatic amines is 1. The van der Waals surface area contributed by atoms with E-state index in [0.717, 1.165) is 22.5 Å². The van der Waals surface area contributed by atoms with E-state index in [2.05, 4.69) is 16.0 Å². The number of benzene rings is 1. The van der Waals surface area contributed by atoms with Crippen molar-refractivity contribution in [3.05, 3.63) is 35.5 Å². The van der Waals surface area contributed by atoms with Crippen LogP contribution in [0.3, 0.4) is 0 Å². The molecule has 1 aromatic carbocycles. The van der Waals surface area contributed by atoms with Crippen LogP contribution >= 0.6 is 0 Å². The number of esters is 1. The summed E-state index contributed by atoms with van der Waals surface area (Å²) in [6.07, 6.45) is 0.584. The van der Waals surface area contributed by atoms with Crippen molar-refractivity contribution >= 4 is 22.6 Å². The van der Waals surface area contributed by atoms with Gasteiger partial charge in [-0.2, -0.15) is 0 Å².